The van der Waals surface area contributed by atoms with Gasteiger partial charge < -0.3 is 5.73 Å². The molecule has 1 aliphatic rings. The zero-order chi connectivity index (χ0) is 14.4. The molecule has 0 radical (unpaired) electrons. The van der Waals surface area contributed by atoms with E-state index in [0.29, 0.717) is 11.4 Å². The van der Waals surface area contributed by atoms with Crippen LogP contribution in [0.25, 0.3) is 0 Å². The van der Waals surface area contributed by atoms with Gasteiger partial charge in [0.2, 0.25) is 0 Å². The Kier molecular flexibility index (Phi) is 5.51. The van der Waals surface area contributed by atoms with Crippen LogP contribution in [0.1, 0.15) is 28.9 Å². The Morgan fingerprint density at radius 2 is 2.25 bits per heavy atom. The van der Waals surface area contributed by atoms with E-state index in [0.717, 1.165) is 25.8 Å². The smallest absolute Gasteiger partial charge is 0.279 e. The van der Waals surface area contributed by atoms with Gasteiger partial charge in [-0.3, -0.25) is 25.3 Å². The topological polar surface area (TPSA) is 87.5 Å². The van der Waals surface area contributed by atoms with Crippen molar-refractivity contribution in [1.29, 1.82) is 0 Å². The third-order valence-electron chi connectivity index (χ3n) is 3.43. The van der Waals surface area contributed by atoms with Crippen LogP contribution in [0.3, 0.4) is 0 Å². The molecular weight excluding hydrogens is 276 g/mol. The second kappa shape index (κ2) is 7.37. The highest BCUT2D eigenvalue weighted by molar-refractivity contribution is 7.12. The number of nitrogens with one attached hydrogen (secondary N) is 2. The summed E-state index contributed by atoms with van der Waals surface area (Å²) < 4.78 is 0. The molecule has 1 unspecified atom stereocenters. The Hall–Kier alpha value is -1.44. The molecule has 1 saturated heterocycles. The van der Waals surface area contributed by atoms with Gasteiger partial charge in [0.25, 0.3) is 11.8 Å². The van der Waals surface area contributed by atoms with E-state index >= 15 is 0 Å². The van der Waals surface area contributed by atoms with E-state index in [1.54, 1.807) is 12.1 Å². The van der Waals surface area contributed by atoms with Crippen molar-refractivity contribution in [1.82, 2.24) is 15.8 Å². The van der Waals surface area contributed by atoms with Crippen LogP contribution in [0.4, 0.5) is 0 Å². The van der Waals surface area contributed by atoms with Crippen LogP contribution in [0, 0.1) is 0 Å². The molecule has 2 rings (SSSR count). The normalized spacial score (nSPS) is 19.6. The third-order valence-corrected chi connectivity index (χ3v) is 4.30. The largest absolute Gasteiger partial charge is 0.329 e. The quantitative estimate of drug-likeness (QED) is 0.698. The summed E-state index contributed by atoms with van der Waals surface area (Å²) >= 11 is 1.33. The first kappa shape index (κ1) is 15.0. The zero-order valence-electron chi connectivity index (χ0n) is 11.3. The number of hydrogen-bond acceptors (Lipinski definition) is 5. The average Bonchev–Trinajstić information content (AvgIpc) is 2.99. The molecule has 4 N–H and O–H groups in total. The molecule has 1 aliphatic heterocycles. The molecule has 0 saturated carbocycles. The number of piperidine rings is 1. The van der Waals surface area contributed by atoms with Crippen LogP contribution in [-0.2, 0) is 4.79 Å². The lowest BCUT2D eigenvalue weighted by Gasteiger charge is -2.34. The lowest BCUT2D eigenvalue weighted by atomic mass is 10.0. The van der Waals surface area contributed by atoms with E-state index < -0.39 is 0 Å². The summed E-state index contributed by atoms with van der Waals surface area (Å²) in [4.78, 5) is 26.2. The van der Waals surface area contributed by atoms with Gasteiger partial charge in [0.05, 0.1) is 11.4 Å². The van der Waals surface area contributed by atoms with Crippen LogP contribution < -0.4 is 16.6 Å². The van der Waals surface area contributed by atoms with Gasteiger partial charge in [-0.25, -0.2) is 0 Å². The van der Waals surface area contributed by atoms with E-state index in [1.165, 1.54) is 11.3 Å². The van der Waals surface area contributed by atoms with Crippen molar-refractivity contribution >= 4 is 23.2 Å². The molecule has 0 bridgehead atoms. The van der Waals surface area contributed by atoms with E-state index in [9.17, 15) is 9.59 Å². The summed E-state index contributed by atoms with van der Waals surface area (Å²) in [5, 5.41) is 1.82. The molecular formula is C13H20N4O2S. The highest BCUT2D eigenvalue weighted by atomic mass is 32.1. The third kappa shape index (κ3) is 4.03. The number of rotatable bonds is 4. The molecule has 1 fully saturated rings. The number of thiophene rings is 1. The van der Waals surface area contributed by atoms with Crippen molar-refractivity contribution in [3.8, 4) is 0 Å². The molecule has 7 heteroatoms. The van der Waals surface area contributed by atoms with Gasteiger partial charge in [-0.15, -0.1) is 11.3 Å². The van der Waals surface area contributed by atoms with Crippen molar-refractivity contribution in [3.63, 3.8) is 0 Å². The molecule has 2 amide bonds. The maximum atomic E-state index is 11.8. The lowest BCUT2D eigenvalue weighted by Crippen LogP contribution is -2.51. The number of likely N-dealkylation sites (tertiary alicyclic amines) is 1. The van der Waals surface area contributed by atoms with Gasteiger partial charge in [-0.2, -0.15) is 0 Å². The monoisotopic (exact) mass is 296 g/mol. The summed E-state index contributed by atoms with van der Waals surface area (Å²) in [6.07, 6.45) is 3.28. The van der Waals surface area contributed by atoms with Crippen molar-refractivity contribution in [3.05, 3.63) is 22.4 Å². The van der Waals surface area contributed by atoms with Gasteiger partial charge in [0.15, 0.2) is 0 Å². The zero-order valence-corrected chi connectivity index (χ0v) is 12.1. The first-order valence-corrected chi connectivity index (χ1v) is 7.65. The lowest BCUT2D eigenvalue weighted by molar-refractivity contribution is -0.123. The number of nitrogens with zero attached hydrogens (tertiary/aromatic N) is 1. The first-order valence-electron chi connectivity index (χ1n) is 6.77. The minimum atomic E-state index is -0.289. The van der Waals surface area contributed by atoms with Gasteiger partial charge in [-0.05, 0) is 30.8 Å². The van der Waals surface area contributed by atoms with Crippen LogP contribution >= 0.6 is 11.3 Å². The second-order valence-corrected chi connectivity index (χ2v) is 5.78. The number of amides is 2. The van der Waals surface area contributed by atoms with Crippen molar-refractivity contribution in [2.75, 3.05) is 19.6 Å². The van der Waals surface area contributed by atoms with Gasteiger partial charge >= 0.3 is 0 Å². The molecule has 1 aromatic rings. The summed E-state index contributed by atoms with van der Waals surface area (Å²) in [7, 11) is 0. The fraction of sp³-hybridized carbons (Fsp3) is 0.538. The molecule has 110 valence electrons. The van der Waals surface area contributed by atoms with E-state index in [4.69, 9.17) is 5.73 Å². The summed E-state index contributed by atoms with van der Waals surface area (Å²) in [6.45, 7) is 1.72. The molecule has 1 atom stereocenters. The Labute approximate surface area is 122 Å². The average molecular weight is 296 g/mol. The fourth-order valence-electron chi connectivity index (χ4n) is 2.35. The molecule has 1 aromatic heterocycles. The highest BCUT2D eigenvalue weighted by Gasteiger charge is 2.23. The molecule has 0 spiro atoms. The molecule has 0 aliphatic carbocycles. The Balaban J connectivity index is 1.76. The van der Waals surface area contributed by atoms with Gasteiger partial charge in [0, 0.05) is 12.6 Å². The Morgan fingerprint density at radius 3 is 2.95 bits per heavy atom. The van der Waals surface area contributed by atoms with Crippen molar-refractivity contribution in [2.24, 2.45) is 5.73 Å². The summed E-state index contributed by atoms with van der Waals surface area (Å²) in [5.41, 5.74) is 10.6. The predicted molar refractivity (Wildman–Crippen MR) is 78.2 cm³/mol. The number of carbonyl (C=O) groups is 2. The SMILES string of the molecule is NCC1CCCCN1CC(=O)NNC(=O)c1cccs1. The van der Waals surface area contributed by atoms with E-state index in [-0.39, 0.29) is 24.4 Å². The fourth-order valence-corrected chi connectivity index (χ4v) is 2.97. The molecule has 20 heavy (non-hydrogen) atoms. The van der Waals surface area contributed by atoms with Crippen molar-refractivity contribution in [2.45, 2.75) is 25.3 Å². The first-order chi connectivity index (χ1) is 9.70. The Morgan fingerprint density at radius 1 is 1.40 bits per heavy atom. The summed E-state index contributed by atoms with van der Waals surface area (Å²) in [5.74, 6) is -0.502. The minimum Gasteiger partial charge on any atom is -0.329 e. The predicted octanol–water partition coefficient (Wildman–Crippen LogP) is 0.322. The maximum Gasteiger partial charge on any atom is 0.279 e. The van der Waals surface area contributed by atoms with Gasteiger partial charge in [0.1, 0.15) is 0 Å². The molecule has 2 heterocycles. The number of carbonyl (C=O) groups excluding carboxylic acids is 2. The highest BCUT2D eigenvalue weighted by Crippen LogP contribution is 2.15. The number of hydrogen-bond donors (Lipinski definition) is 3. The molecule has 6 nitrogen and oxygen atoms in total. The van der Waals surface area contributed by atoms with Crippen LogP contribution in [-0.4, -0.2) is 42.4 Å². The van der Waals surface area contributed by atoms with Crippen molar-refractivity contribution < 1.29 is 9.59 Å². The van der Waals surface area contributed by atoms with Gasteiger partial charge in [-0.1, -0.05) is 12.5 Å². The standard InChI is InChI=1S/C13H20N4O2S/c14-8-10-4-1-2-6-17(10)9-12(18)15-16-13(19)11-5-3-7-20-11/h3,5,7,10H,1-2,4,6,8-9,14H2,(H,15,18)(H,16,19). The second-order valence-electron chi connectivity index (χ2n) is 4.84. The number of nitrogens with two attached hydrogens (primary N) is 1. The van der Waals surface area contributed by atoms with Crippen LogP contribution in [0.5, 0.6) is 0 Å². The molecule has 0 aromatic carbocycles. The van der Waals surface area contributed by atoms with E-state index in [2.05, 4.69) is 15.8 Å². The summed E-state index contributed by atoms with van der Waals surface area (Å²) in [6, 6.07) is 3.77. The van der Waals surface area contributed by atoms with E-state index in [1.807, 2.05) is 5.38 Å². The van der Waals surface area contributed by atoms with Crippen LogP contribution in [0.2, 0.25) is 0 Å². The van der Waals surface area contributed by atoms with Crippen LogP contribution in [0.15, 0.2) is 17.5 Å². The minimum absolute atomic E-state index is 0.213. The number of hydrazine groups is 1. The Bertz CT molecular complexity index is 449. The maximum absolute atomic E-state index is 11.8.